The number of H-pyrrole nitrogens is 1. The fraction of sp³-hybridized carbons (Fsp3) is 0.200. The zero-order chi connectivity index (χ0) is 14.8. The topological polar surface area (TPSA) is 71.8 Å². The summed E-state index contributed by atoms with van der Waals surface area (Å²) in [5, 5.41) is 1.88. The van der Waals surface area contributed by atoms with Gasteiger partial charge in [-0.1, -0.05) is 12.1 Å². The number of nitrogens with two attached hydrogens (primary N) is 1. The Morgan fingerprint density at radius 2 is 2.29 bits per heavy atom. The molecular formula is C15H15N3OS2. The summed E-state index contributed by atoms with van der Waals surface area (Å²) in [6.07, 6.45) is 0. The number of aromatic amines is 1. The molecule has 0 spiro atoms. The highest BCUT2D eigenvalue weighted by atomic mass is 32.2. The second-order valence-electron chi connectivity index (χ2n) is 4.80. The summed E-state index contributed by atoms with van der Waals surface area (Å²) in [4.78, 5) is 20.3. The lowest BCUT2D eigenvalue weighted by Crippen LogP contribution is -2.09. The average molecular weight is 317 g/mol. The molecule has 4 nitrogen and oxygen atoms in total. The Bertz CT molecular complexity index is 823. The first-order valence-corrected chi connectivity index (χ1v) is 8.45. The molecule has 1 aromatic carbocycles. The molecule has 3 N–H and O–H groups in total. The molecule has 0 amide bonds. The maximum absolute atomic E-state index is 11.9. The van der Waals surface area contributed by atoms with E-state index in [9.17, 15) is 4.79 Å². The maximum atomic E-state index is 11.9. The van der Waals surface area contributed by atoms with Crippen molar-refractivity contribution in [2.45, 2.75) is 23.6 Å². The van der Waals surface area contributed by atoms with Gasteiger partial charge in [0.05, 0.1) is 11.3 Å². The lowest BCUT2D eigenvalue weighted by atomic mass is 10.1. The minimum atomic E-state index is -0.0602. The number of aromatic nitrogens is 2. The van der Waals surface area contributed by atoms with Crippen LogP contribution in [0.5, 0.6) is 0 Å². The predicted octanol–water partition coefficient (Wildman–Crippen LogP) is 3.30. The normalized spacial score (nSPS) is 12.7. The third-order valence-corrected chi connectivity index (χ3v) is 5.03. The van der Waals surface area contributed by atoms with Crippen LogP contribution in [0.2, 0.25) is 0 Å². The second-order valence-corrected chi connectivity index (χ2v) is 6.76. The Kier molecular flexibility index (Phi) is 4.10. The molecular weight excluding hydrogens is 302 g/mol. The molecule has 0 saturated heterocycles. The van der Waals surface area contributed by atoms with Gasteiger partial charge in [-0.25, -0.2) is 4.98 Å². The van der Waals surface area contributed by atoms with Crippen LogP contribution in [0.15, 0.2) is 45.4 Å². The molecule has 0 aliphatic heterocycles. The van der Waals surface area contributed by atoms with E-state index >= 15 is 0 Å². The minimum absolute atomic E-state index is 0.0191. The minimum Gasteiger partial charge on any atom is -0.324 e. The molecule has 6 heteroatoms. The van der Waals surface area contributed by atoms with Crippen molar-refractivity contribution in [1.82, 2.24) is 9.97 Å². The number of nitrogens with zero attached hydrogens (tertiary/aromatic N) is 1. The number of rotatable bonds is 4. The van der Waals surface area contributed by atoms with E-state index in [1.807, 2.05) is 36.6 Å². The van der Waals surface area contributed by atoms with Gasteiger partial charge in [0, 0.05) is 10.9 Å². The number of fused-ring (bicyclic) bond motifs is 1. The maximum Gasteiger partial charge on any atom is 0.268 e. The number of nitrogens with one attached hydrogen (secondary N) is 1. The van der Waals surface area contributed by atoms with E-state index in [1.54, 1.807) is 11.8 Å². The smallest absolute Gasteiger partial charge is 0.268 e. The molecule has 2 heterocycles. The highest BCUT2D eigenvalue weighted by Crippen LogP contribution is 2.24. The summed E-state index contributed by atoms with van der Waals surface area (Å²) in [7, 11) is 0. The first kappa shape index (κ1) is 14.3. The molecule has 2 aromatic heterocycles. The third-order valence-electron chi connectivity index (χ3n) is 3.12. The molecule has 0 saturated carbocycles. The zero-order valence-corrected chi connectivity index (χ0v) is 13.1. The lowest BCUT2D eigenvalue weighted by molar-refractivity contribution is 0.815. The molecule has 21 heavy (non-hydrogen) atoms. The van der Waals surface area contributed by atoms with Crippen molar-refractivity contribution in [3.05, 3.63) is 57.5 Å². The molecule has 0 radical (unpaired) electrons. The van der Waals surface area contributed by atoms with Crippen molar-refractivity contribution < 1.29 is 0 Å². The van der Waals surface area contributed by atoms with Crippen LogP contribution in [0, 0.1) is 0 Å². The molecule has 0 bridgehead atoms. The van der Waals surface area contributed by atoms with Crippen LogP contribution < -0.4 is 11.3 Å². The van der Waals surface area contributed by atoms with E-state index in [1.165, 1.54) is 11.3 Å². The highest BCUT2D eigenvalue weighted by molar-refractivity contribution is 7.98. The van der Waals surface area contributed by atoms with Crippen LogP contribution in [0.3, 0.4) is 0 Å². The van der Waals surface area contributed by atoms with E-state index < -0.39 is 0 Å². The first-order valence-electron chi connectivity index (χ1n) is 6.58. The zero-order valence-electron chi connectivity index (χ0n) is 11.5. The third kappa shape index (κ3) is 3.18. The largest absolute Gasteiger partial charge is 0.324 e. The summed E-state index contributed by atoms with van der Waals surface area (Å²) in [5.41, 5.74) is 7.71. The van der Waals surface area contributed by atoms with Gasteiger partial charge in [0.15, 0.2) is 0 Å². The van der Waals surface area contributed by atoms with Gasteiger partial charge < -0.3 is 10.7 Å². The van der Waals surface area contributed by atoms with Gasteiger partial charge in [-0.15, -0.1) is 23.1 Å². The van der Waals surface area contributed by atoms with Gasteiger partial charge in [0.2, 0.25) is 0 Å². The van der Waals surface area contributed by atoms with Crippen molar-refractivity contribution in [3.8, 4) is 0 Å². The molecule has 1 atom stereocenters. The van der Waals surface area contributed by atoms with Gasteiger partial charge in [0.1, 0.15) is 10.5 Å². The molecule has 1 unspecified atom stereocenters. The van der Waals surface area contributed by atoms with E-state index in [2.05, 4.69) is 16.0 Å². The highest BCUT2D eigenvalue weighted by Gasteiger charge is 2.06. The van der Waals surface area contributed by atoms with Gasteiger partial charge in [-0.3, -0.25) is 4.79 Å². The fourth-order valence-corrected chi connectivity index (χ4v) is 3.59. The summed E-state index contributed by atoms with van der Waals surface area (Å²) >= 11 is 3.06. The Labute approximate surface area is 130 Å². The van der Waals surface area contributed by atoms with Crippen molar-refractivity contribution in [1.29, 1.82) is 0 Å². The van der Waals surface area contributed by atoms with E-state index in [4.69, 9.17) is 5.73 Å². The Balaban J connectivity index is 1.80. The molecule has 0 fully saturated rings. The van der Waals surface area contributed by atoms with E-state index in [0.717, 1.165) is 16.0 Å². The quantitative estimate of drug-likeness (QED) is 0.724. The van der Waals surface area contributed by atoms with Gasteiger partial charge in [0.25, 0.3) is 5.56 Å². The Hall–Kier alpha value is -1.63. The molecule has 0 aliphatic carbocycles. The average Bonchev–Trinajstić information content (AvgIpc) is 2.94. The SMILES string of the molecule is CC(N)c1cccc(SCc2nc3ccsc3c(=O)[nH]2)c1. The summed E-state index contributed by atoms with van der Waals surface area (Å²) in [6, 6.07) is 10.0. The number of benzene rings is 1. The molecule has 0 aliphatic rings. The van der Waals surface area contributed by atoms with Crippen LogP contribution in [0.25, 0.3) is 10.2 Å². The van der Waals surface area contributed by atoms with Gasteiger partial charge in [-0.2, -0.15) is 0 Å². The number of thiophene rings is 1. The number of hydrogen-bond donors (Lipinski definition) is 2. The predicted molar refractivity (Wildman–Crippen MR) is 88.8 cm³/mol. The standard InChI is InChI=1S/C15H15N3OS2/c1-9(16)10-3-2-4-11(7-10)21-8-13-17-12-5-6-20-14(12)15(19)18-13/h2-7,9H,8,16H2,1H3,(H,17,18,19). The van der Waals surface area contributed by atoms with Crippen LogP contribution >= 0.6 is 23.1 Å². The van der Waals surface area contributed by atoms with Crippen LogP contribution in [0.4, 0.5) is 0 Å². The summed E-state index contributed by atoms with van der Waals surface area (Å²) < 4.78 is 0.683. The van der Waals surface area contributed by atoms with Crippen molar-refractivity contribution >= 4 is 33.3 Å². The second kappa shape index (κ2) is 6.01. The van der Waals surface area contributed by atoms with Crippen molar-refractivity contribution in [3.63, 3.8) is 0 Å². The van der Waals surface area contributed by atoms with Crippen LogP contribution in [-0.2, 0) is 5.75 Å². The summed E-state index contributed by atoms with van der Waals surface area (Å²) in [5.74, 6) is 1.32. The van der Waals surface area contributed by atoms with Crippen molar-refractivity contribution in [2.24, 2.45) is 5.73 Å². The number of hydrogen-bond acceptors (Lipinski definition) is 5. The first-order chi connectivity index (χ1) is 10.1. The van der Waals surface area contributed by atoms with Crippen LogP contribution in [-0.4, -0.2) is 9.97 Å². The Morgan fingerprint density at radius 3 is 3.10 bits per heavy atom. The monoisotopic (exact) mass is 317 g/mol. The fourth-order valence-electron chi connectivity index (χ4n) is 2.03. The van der Waals surface area contributed by atoms with Crippen molar-refractivity contribution in [2.75, 3.05) is 0 Å². The summed E-state index contributed by atoms with van der Waals surface area (Å²) in [6.45, 7) is 1.97. The molecule has 3 rings (SSSR count). The van der Waals surface area contributed by atoms with Gasteiger partial charge >= 0.3 is 0 Å². The lowest BCUT2D eigenvalue weighted by Gasteiger charge is -2.07. The molecule has 108 valence electrons. The Morgan fingerprint density at radius 1 is 1.43 bits per heavy atom. The van der Waals surface area contributed by atoms with E-state index in [0.29, 0.717) is 16.3 Å². The molecule has 3 aromatic rings. The van der Waals surface area contributed by atoms with Gasteiger partial charge in [-0.05, 0) is 36.1 Å². The number of thioether (sulfide) groups is 1. The van der Waals surface area contributed by atoms with Crippen LogP contribution in [0.1, 0.15) is 24.4 Å². The van der Waals surface area contributed by atoms with E-state index in [-0.39, 0.29) is 11.6 Å².